The van der Waals surface area contributed by atoms with E-state index in [0.29, 0.717) is 5.69 Å². The summed E-state index contributed by atoms with van der Waals surface area (Å²) in [7, 11) is 0. The number of nitrogens with zero attached hydrogens (tertiary/aromatic N) is 3. The quantitative estimate of drug-likeness (QED) is 0.269. The van der Waals surface area contributed by atoms with Gasteiger partial charge in [0.2, 0.25) is 0 Å². The van der Waals surface area contributed by atoms with Crippen LogP contribution in [-0.4, -0.2) is 11.3 Å². The third-order valence-corrected chi connectivity index (χ3v) is 2.32. The number of anilines is 1. The Bertz CT molecular complexity index is 450. The first-order valence-electron chi connectivity index (χ1n) is 4.96. The molecule has 1 rings (SSSR count). The molecule has 0 saturated carbocycles. The molecule has 0 radical (unpaired) electrons. The summed E-state index contributed by atoms with van der Waals surface area (Å²) in [6.07, 6.45) is 0.845. The molecule has 7 nitrogen and oxygen atoms in total. The Hall–Kier alpha value is -2.31. The SMILES string of the molecule is CC(C)c1ccc([N+](=O)[O-])cc1N(C=N)N=N. The Labute approximate surface area is 98.2 Å². The van der Waals surface area contributed by atoms with E-state index in [2.05, 4.69) is 5.22 Å². The van der Waals surface area contributed by atoms with E-state index in [4.69, 9.17) is 10.9 Å². The maximum Gasteiger partial charge on any atom is 0.271 e. The number of hydrogen-bond acceptors (Lipinski definition) is 5. The second-order valence-electron chi connectivity index (χ2n) is 3.73. The van der Waals surface area contributed by atoms with Gasteiger partial charge >= 0.3 is 0 Å². The maximum absolute atomic E-state index is 10.7. The summed E-state index contributed by atoms with van der Waals surface area (Å²) < 4.78 is 0. The van der Waals surface area contributed by atoms with Crippen molar-refractivity contribution in [1.82, 2.24) is 0 Å². The highest BCUT2D eigenvalue weighted by molar-refractivity contribution is 5.79. The summed E-state index contributed by atoms with van der Waals surface area (Å²) in [5.41, 5.74) is 8.05. The molecule has 90 valence electrons. The van der Waals surface area contributed by atoms with Crippen molar-refractivity contribution >= 4 is 17.7 Å². The van der Waals surface area contributed by atoms with Crippen LogP contribution in [0.4, 0.5) is 11.4 Å². The first-order chi connectivity index (χ1) is 8.01. The minimum Gasteiger partial charge on any atom is -0.289 e. The van der Waals surface area contributed by atoms with Gasteiger partial charge in [0.25, 0.3) is 5.69 Å². The Morgan fingerprint density at radius 1 is 1.53 bits per heavy atom. The lowest BCUT2D eigenvalue weighted by molar-refractivity contribution is -0.384. The summed E-state index contributed by atoms with van der Waals surface area (Å²) in [6, 6.07) is 4.35. The van der Waals surface area contributed by atoms with Gasteiger partial charge in [0.05, 0.1) is 10.6 Å². The van der Waals surface area contributed by atoms with Crippen molar-refractivity contribution in [2.75, 3.05) is 5.01 Å². The van der Waals surface area contributed by atoms with E-state index in [1.807, 2.05) is 13.8 Å². The zero-order valence-corrected chi connectivity index (χ0v) is 9.54. The molecule has 0 aliphatic rings. The van der Waals surface area contributed by atoms with E-state index in [9.17, 15) is 10.1 Å². The maximum atomic E-state index is 10.7. The van der Waals surface area contributed by atoms with Crippen LogP contribution in [0.25, 0.3) is 0 Å². The van der Waals surface area contributed by atoms with Crippen LogP contribution in [0.2, 0.25) is 0 Å². The molecule has 0 aliphatic carbocycles. The standard InChI is InChI=1S/C10H13N5O2/c1-7(2)9-4-3-8(15(16)17)5-10(9)14(6-11)13-12/h3-7,11-12H,1-2H3. The summed E-state index contributed by atoms with van der Waals surface area (Å²) in [5.74, 6) is 0.120. The highest BCUT2D eigenvalue weighted by Crippen LogP contribution is 2.30. The number of benzene rings is 1. The molecular formula is C10H13N5O2. The lowest BCUT2D eigenvalue weighted by atomic mass is 10.0. The average Bonchev–Trinajstić information content (AvgIpc) is 2.30. The van der Waals surface area contributed by atoms with Crippen LogP contribution in [0, 0.1) is 21.1 Å². The fourth-order valence-electron chi connectivity index (χ4n) is 1.48. The molecule has 2 N–H and O–H groups in total. The number of nitro groups is 1. The summed E-state index contributed by atoms with van der Waals surface area (Å²) in [6.45, 7) is 3.85. The summed E-state index contributed by atoms with van der Waals surface area (Å²) >= 11 is 0. The molecule has 17 heavy (non-hydrogen) atoms. The highest BCUT2D eigenvalue weighted by Gasteiger charge is 2.16. The predicted octanol–water partition coefficient (Wildman–Crippen LogP) is 3.08. The molecule has 1 aromatic carbocycles. The van der Waals surface area contributed by atoms with Crippen molar-refractivity contribution in [2.45, 2.75) is 19.8 Å². The molecular weight excluding hydrogens is 222 g/mol. The zero-order chi connectivity index (χ0) is 13.0. The van der Waals surface area contributed by atoms with Gasteiger partial charge in [0, 0.05) is 12.1 Å². The minimum absolute atomic E-state index is 0.0834. The van der Waals surface area contributed by atoms with Gasteiger partial charge in [-0.1, -0.05) is 19.1 Å². The van der Waals surface area contributed by atoms with Gasteiger partial charge in [-0.3, -0.25) is 15.5 Å². The molecule has 0 heterocycles. The predicted molar refractivity (Wildman–Crippen MR) is 63.6 cm³/mol. The highest BCUT2D eigenvalue weighted by atomic mass is 16.6. The average molecular weight is 235 g/mol. The van der Waals surface area contributed by atoms with Gasteiger partial charge < -0.3 is 0 Å². The molecule has 0 atom stereocenters. The first kappa shape index (κ1) is 12.8. The summed E-state index contributed by atoms with van der Waals surface area (Å²) in [4.78, 5) is 10.2. The van der Waals surface area contributed by atoms with Gasteiger partial charge in [0.1, 0.15) is 6.34 Å². The molecule has 0 fully saturated rings. The monoisotopic (exact) mass is 235 g/mol. The summed E-state index contributed by atoms with van der Waals surface area (Å²) in [5, 5.41) is 21.9. The van der Waals surface area contributed by atoms with Gasteiger partial charge in [0.15, 0.2) is 0 Å². The molecule has 0 bridgehead atoms. The number of non-ortho nitro benzene ring substituents is 1. The van der Waals surface area contributed by atoms with Crippen LogP contribution in [0.1, 0.15) is 25.3 Å². The van der Waals surface area contributed by atoms with E-state index in [-0.39, 0.29) is 11.6 Å². The van der Waals surface area contributed by atoms with E-state index < -0.39 is 4.92 Å². The van der Waals surface area contributed by atoms with Crippen molar-refractivity contribution in [3.63, 3.8) is 0 Å². The van der Waals surface area contributed by atoms with Crippen LogP contribution in [0.5, 0.6) is 0 Å². The zero-order valence-electron chi connectivity index (χ0n) is 9.54. The van der Waals surface area contributed by atoms with Crippen LogP contribution < -0.4 is 5.01 Å². The normalized spacial score (nSPS) is 10.1. The van der Waals surface area contributed by atoms with Crippen molar-refractivity contribution in [3.05, 3.63) is 33.9 Å². The molecule has 0 aromatic heterocycles. The Morgan fingerprint density at radius 2 is 2.18 bits per heavy atom. The lowest BCUT2D eigenvalue weighted by Gasteiger charge is -2.17. The van der Waals surface area contributed by atoms with Gasteiger partial charge in [-0.2, -0.15) is 5.53 Å². The van der Waals surface area contributed by atoms with Crippen molar-refractivity contribution < 1.29 is 4.92 Å². The van der Waals surface area contributed by atoms with Crippen LogP contribution in [0.15, 0.2) is 23.4 Å². The molecule has 0 amide bonds. The van der Waals surface area contributed by atoms with E-state index >= 15 is 0 Å². The van der Waals surface area contributed by atoms with Crippen LogP contribution in [-0.2, 0) is 0 Å². The molecule has 0 unspecified atom stereocenters. The number of nitrogens with one attached hydrogen (secondary N) is 2. The van der Waals surface area contributed by atoms with Gasteiger partial charge in [-0.05, 0) is 17.5 Å². The number of rotatable bonds is 5. The third kappa shape index (κ3) is 2.63. The van der Waals surface area contributed by atoms with E-state index in [1.165, 1.54) is 12.1 Å². The minimum atomic E-state index is -0.514. The Morgan fingerprint density at radius 3 is 2.59 bits per heavy atom. The molecule has 0 aliphatic heterocycles. The molecule has 1 aromatic rings. The fraction of sp³-hybridized carbons (Fsp3) is 0.300. The van der Waals surface area contributed by atoms with E-state index in [0.717, 1.165) is 16.9 Å². The third-order valence-electron chi connectivity index (χ3n) is 2.32. The van der Waals surface area contributed by atoms with Crippen molar-refractivity contribution in [1.29, 1.82) is 10.9 Å². The van der Waals surface area contributed by atoms with Gasteiger partial charge in [-0.15, -0.1) is 0 Å². The van der Waals surface area contributed by atoms with Crippen molar-refractivity contribution in [3.8, 4) is 0 Å². The molecule has 0 saturated heterocycles. The van der Waals surface area contributed by atoms with Crippen LogP contribution >= 0.6 is 0 Å². The number of nitro benzene ring substituents is 1. The first-order valence-corrected chi connectivity index (χ1v) is 4.96. The van der Waals surface area contributed by atoms with Crippen molar-refractivity contribution in [2.24, 2.45) is 5.22 Å². The fourth-order valence-corrected chi connectivity index (χ4v) is 1.48. The molecule has 0 spiro atoms. The topological polar surface area (TPSA) is 106 Å². The Balaban J connectivity index is 3.38. The van der Waals surface area contributed by atoms with Gasteiger partial charge in [-0.25, -0.2) is 5.01 Å². The largest absolute Gasteiger partial charge is 0.289 e. The van der Waals surface area contributed by atoms with Crippen LogP contribution in [0.3, 0.4) is 0 Å². The Kier molecular flexibility index (Phi) is 3.86. The number of hydrogen-bond donors (Lipinski definition) is 2. The van der Waals surface area contributed by atoms with E-state index in [1.54, 1.807) is 6.07 Å². The lowest BCUT2D eigenvalue weighted by Crippen LogP contribution is -2.14. The second kappa shape index (κ2) is 5.15. The molecule has 7 heteroatoms. The second-order valence-corrected chi connectivity index (χ2v) is 3.73. The smallest absolute Gasteiger partial charge is 0.271 e.